The lowest BCUT2D eigenvalue weighted by Crippen LogP contribution is -2.62. The number of anilines is 2. The van der Waals surface area contributed by atoms with Gasteiger partial charge in [0.25, 0.3) is 0 Å². The molecule has 1 amide bonds. The zero-order valence-corrected chi connectivity index (χ0v) is 100. The van der Waals surface area contributed by atoms with Gasteiger partial charge in [-0.3, -0.25) is 9.80 Å². The number of nitrogens with one attached hydrogen (secondary N) is 2. The summed E-state index contributed by atoms with van der Waals surface area (Å²) in [5.74, 6) is 7.80. The van der Waals surface area contributed by atoms with Crippen molar-refractivity contribution in [1.29, 1.82) is 0 Å². The molecule has 6 unspecified atom stereocenters. The van der Waals surface area contributed by atoms with E-state index in [-0.39, 0.29) is 53.8 Å². The number of amides is 1. The number of fused-ring (bicyclic) bond motifs is 6. The van der Waals surface area contributed by atoms with Gasteiger partial charge in [-0.05, 0) is 139 Å². The zero-order valence-electron chi connectivity index (χ0n) is 59.4. The summed E-state index contributed by atoms with van der Waals surface area (Å²) in [7, 11) is 75.2. The number of nitrogens with zero attached hydrogens (tertiary/aromatic N) is 7. The molecule has 0 saturated carbocycles. The first-order valence-corrected chi connectivity index (χ1v) is 94.5. The smallest absolute Gasteiger partial charge is 0.410 e. The van der Waals surface area contributed by atoms with Crippen LogP contribution in [0.3, 0.4) is 0 Å². The number of aryl methyl sites for hydroxylation is 3. The fourth-order valence-electron chi connectivity index (χ4n) is 10.5. The first kappa shape index (κ1) is 120. The van der Waals surface area contributed by atoms with Crippen LogP contribution in [0.2, 0.25) is 19.6 Å². The quantitative estimate of drug-likeness (QED) is 0.113. The summed E-state index contributed by atoms with van der Waals surface area (Å²) in [6, 6.07) is 15.4. The summed E-state index contributed by atoms with van der Waals surface area (Å²) in [4.78, 5) is 34.6. The minimum Gasteiger partial charge on any atom is -0.444 e. The summed E-state index contributed by atoms with van der Waals surface area (Å²) < 4.78 is 24.0. The maximum atomic E-state index is 12.2. The summed E-state index contributed by atoms with van der Waals surface area (Å²) in [5, 5.41) is 7.01. The Morgan fingerprint density at radius 2 is 0.836 bits per heavy atom. The van der Waals surface area contributed by atoms with Crippen LogP contribution in [0.5, 0.6) is 0 Å². The third kappa shape index (κ3) is 53.3. The number of terminal acetylenes is 1. The van der Waals surface area contributed by atoms with Gasteiger partial charge in [-0.1, -0.05) is 61.2 Å². The Labute approximate surface area is 840 Å². The van der Waals surface area contributed by atoms with Gasteiger partial charge in [-0.15, -0.1) is 24.4 Å². The molecule has 10 rings (SSSR count). The predicted molar refractivity (Wildman–Crippen MR) is 639 cm³/mol. The first-order valence-electron chi connectivity index (χ1n) is 31.2. The van der Waals surface area contributed by atoms with Crippen LogP contribution < -0.4 is 20.4 Å². The summed E-state index contributed by atoms with van der Waals surface area (Å²) >= 11 is 11.7. The molecule has 6 atom stereocenters. The maximum Gasteiger partial charge on any atom is 0.410 e. The number of hydrogen-bond donors (Lipinski definition) is 2. The molecule has 116 heavy (non-hydrogen) atoms. The topological polar surface area (TPSA) is 111 Å². The second kappa shape index (κ2) is 73.8. The molecule has 10 heterocycles. The van der Waals surface area contributed by atoms with E-state index in [1.54, 1.807) is 120 Å². The molecule has 7 aliphatic rings. The Balaban J connectivity index is 0.000000787. The van der Waals surface area contributed by atoms with Crippen molar-refractivity contribution in [2.24, 2.45) is 0 Å². The highest BCUT2D eigenvalue weighted by molar-refractivity contribution is 14.1. The van der Waals surface area contributed by atoms with Crippen molar-refractivity contribution >= 4 is 465 Å². The van der Waals surface area contributed by atoms with Gasteiger partial charge in [-0.2, -0.15) is 4.39 Å². The lowest BCUT2D eigenvalue weighted by atomic mass is 10.1. The van der Waals surface area contributed by atoms with E-state index in [9.17, 15) is 9.18 Å². The van der Waals surface area contributed by atoms with Crippen LogP contribution in [0.15, 0.2) is 36.4 Å². The van der Waals surface area contributed by atoms with Crippen molar-refractivity contribution in [2.75, 3.05) is 62.3 Å². The first-order chi connectivity index (χ1) is 53.7. The highest BCUT2D eigenvalue weighted by Gasteiger charge is 2.46. The molecule has 7 fully saturated rings. The molecule has 0 radical (unpaired) electrons. The van der Waals surface area contributed by atoms with E-state index >= 15 is 0 Å². The van der Waals surface area contributed by atoms with E-state index in [0.29, 0.717) is 42.3 Å². The fourth-order valence-corrected chi connectivity index (χ4v) is 124. The summed E-state index contributed by atoms with van der Waals surface area (Å²) in [6.45, 7) is 26.4. The largest absolute Gasteiger partial charge is 0.444 e. The van der Waals surface area contributed by atoms with Crippen LogP contribution >= 0.6 is 35.0 Å². The highest BCUT2D eigenvalue weighted by Crippen LogP contribution is 2.36. The van der Waals surface area contributed by atoms with E-state index in [4.69, 9.17) is 48.2 Å². The van der Waals surface area contributed by atoms with Crippen LogP contribution in [0, 0.1) is 54.1 Å². The van der Waals surface area contributed by atoms with Crippen LogP contribution in [-0.2, 0) is 414 Å². The third-order valence-corrected chi connectivity index (χ3v) is 110. The standard InChI is InChI=1S/C17H21N3O.C17H25N3Si.C11H20N2O2.C6H5FIN.4CH4.ClH.S45/c1-3-13-4-7-17(18-12(13)2)19-8-14-5-6-15(9-19)20(14)16-10-21-11-16;1-13-14(9-10-21(2,3)4)5-8-17(18-13)20-11-15-6-7-16(12-20)19-15;1-11(2,3)15-10(14)13-8-4-5-9(13)7-12-6-8;1-4-5(8)2-3-6(7)9-4;;;;;;1-3-5-7-9-11-13-15-17-19-21-23-25-27-29-31-33-35-37-39-41-43-45-44-42-40-38-36-34-32-30-28-26-24-22-20-18-16-14-12-10-8-6-4-2/h1,4,7,14-16H,5-6,8-11H2,2H3;5,8,15-16,19H,6-7,11-12H2,1-4H3;8-9,12H,4-7H2,1-3H3;2-3H,1H3;4*1H4;1H;. The molecule has 61 heteroatoms. The van der Waals surface area contributed by atoms with E-state index < -0.39 is 14.0 Å². The molecular formula is C55H88ClFIN9O3S45Si. The van der Waals surface area contributed by atoms with E-state index in [1.165, 1.54) is 49.5 Å². The molecular weight excluding hydrogens is 2490 g/mol. The van der Waals surface area contributed by atoms with Crippen molar-refractivity contribution in [1.82, 2.24) is 35.4 Å². The Hall–Kier alpha value is 6.35. The molecule has 6 bridgehead atoms. The molecule has 12 nitrogen and oxygen atoms in total. The number of ether oxygens (including phenoxy) is 2. The monoisotopic (exact) mass is 2570 g/mol. The second-order valence-corrected chi connectivity index (χ2v) is 106. The van der Waals surface area contributed by atoms with Gasteiger partial charge in [0.2, 0.25) is 5.95 Å². The van der Waals surface area contributed by atoms with Gasteiger partial charge in [0.05, 0.1) is 36.3 Å². The second-order valence-electron chi connectivity index (χ2n) is 23.8. The van der Waals surface area contributed by atoms with Gasteiger partial charge < -0.3 is 29.9 Å². The van der Waals surface area contributed by atoms with E-state index in [2.05, 4.69) is 115 Å². The molecule has 7 aliphatic heterocycles. The van der Waals surface area contributed by atoms with Crippen molar-refractivity contribution in [2.45, 2.75) is 177 Å². The van der Waals surface area contributed by atoms with E-state index in [1.807, 2.05) is 296 Å². The Bertz CT molecular complexity index is 5890. The average molecular weight is 2580 g/mol. The minimum atomic E-state index is -1.33. The van der Waals surface area contributed by atoms with Crippen LogP contribution in [0.25, 0.3) is 0 Å². The maximum absolute atomic E-state index is 12.2. The van der Waals surface area contributed by atoms with Crippen molar-refractivity contribution in [3.8, 4) is 23.8 Å². The minimum absolute atomic E-state index is 0. The van der Waals surface area contributed by atoms with Crippen LogP contribution in [0.1, 0.15) is 117 Å². The van der Waals surface area contributed by atoms with Gasteiger partial charge in [0, 0.05) is 494 Å². The molecule has 3 aromatic rings. The van der Waals surface area contributed by atoms with Crippen LogP contribution in [-0.4, -0.2) is 139 Å². The third-order valence-electron chi connectivity index (χ3n) is 14.5. The highest BCUT2D eigenvalue weighted by atomic mass is 127. The number of carbonyl (C=O) groups is 1. The van der Waals surface area contributed by atoms with E-state index in [0.717, 1.165) is 109 Å². The summed E-state index contributed by atoms with van der Waals surface area (Å²) in [5.41, 5.74) is 7.78. The molecule has 0 aromatic carbocycles. The van der Waals surface area contributed by atoms with Gasteiger partial charge in [-0.25, -0.2) is 19.7 Å². The van der Waals surface area contributed by atoms with Crippen molar-refractivity contribution in [3.05, 3.63) is 74.1 Å². The normalized spacial score (nSPS) is 17.4. The number of pyridine rings is 3. The lowest BCUT2D eigenvalue weighted by molar-refractivity contribution is -0.0850. The number of halogens is 3. The number of aromatic nitrogens is 3. The average Bonchev–Trinajstić information content (AvgIpc) is 1.61. The molecule has 3 aromatic heterocycles. The molecule has 666 valence electrons. The number of piperazine rings is 3. The summed E-state index contributed by atoms with van der Waals surface area (Å²) in [6.07, 6.45) is 12.8. The van der Waals surface area contributed by atoms with Crippen molar-refractivity contribution in [3.63, 3.8) is 0 Å². The lowest BCUT2D eigenvalue weighted by Gasteiger charge is -2.48. The predicted octanol–water partition coefficient (Wildman–Crippen LogP) is 10.3. The van der Waals surface area contributed by atoms with Gasteiger partial charge in [0.15, 0.2) is 0 Å². The Kier molecular flexibility index (Phi) is 76.5. The van der Waals surface area contributed by atoms with Gasteiger partial charge in [0.1, 0.15) is 25.3 Å². The fraction of sp³-hybridized carbons (Fsp3) is 0.636. The molecule has 0 spiro atoms. The number of carbonyl (C=O) groups excluding carboxylic acids is 1. The SMILES string of the molecule is C.C.C.C.C#Cc1ccc(N2CC3CCC(C2)N3C2COC2)nc1C.CC(C)(C)OC(=O)N1C2CCC1CNC2.Cc1nc(F)ccc1I.Cc1nc(N2CC3CCC(C2)N3)ccc1C#C[Si](C)(C)C.Cl.S=S=S=S=S=S=S=S=S=S=S=S=S=S=S=S=S=S=S=S=S=S=S=S=S=S=S=S=S=S=S=S=S=S=S=S=S=S=S=S=S=S=S=S=S. The van der Waals surface area contributed by atoms with Crippen LogP contribution in [0.4, 0.5) is 20.8 Å². The Morgan fingerprint density at radius 1 is 0.500 bits per heavy atom. The molecule has 7 saturated heterocycles. The number of rotatable bonds is 3. The van der Waals surface area contributed by atoms with Gasteiger partial charge >= 0.3 is 6.09 Å². The zero-order chi connectivity index (χ0) is 79.7. The number of hydrogen-bond acceptors (Lipinski definition) is 13. The molecule has 2 N–H and O–H groups in total. The van der Waals surface area contributed by atoms with Crippen molar-refractivity contribution < 1.29 is 18.7 Å². The molecule has 0 aliphatic carbocycles. The Morgan fingerprint density at radius 3 is 1.13 bits per heavy atom.